The monoisotopic (exact) mass is 364 g/mol. The molecule has 0 aliphatic rings. The summed E-state index contributed by atoms with van der Waals surface area (Å²) in [5.74, 6) is -0.603. The van der Waals surface area contributed by atoms with Crippen LogP contribution in [0.1, 0.15) is 27.3 Å². The molecule has 0 unspecified atom stereocenters. The summed E-state index contributed by atoms with van der Waals surface area (Å²) in [5, 5.41) is 11.5. The molecule has 0 aliphatic heterocycles. The molecule has 4 rings (SSSR count). The summed E-state index contributed by atoms with van der Waals surface area (Å²) in [6.45, 7) is 3.92. The van der Waals surface area contributed by atoms with E-state index in [1.54, 1.807) is 48.3 Å². The van der Waals surface area contributed by atoms with Gasteiger partial charge in [-0.05, 0) is 26.0 Å². The molecule has 0 spiro atoms. The van der Waals surface area contributed by atoms with E-state index in [1.807, 2.05) is 6.92 Å². The van der Waals surface area contributed by atoms with Crippen molar-refractivity contribution < 1.29 is 9.18 Å². The Morgan fingerprint density at radius 1 is 1.22 bits per heavy atom. The molecule has 1 N–H and O–H groups in total. The van der Waals surface area contributed by atoms with Gasteiger partial charge in [-0.15, -0.1) is 0 Å². The van der Waals surface area contributed by atoms with Gasteiger partial charge in [-0.3, -0.25) is 9.48 Å². The highest BCUT2D eigenvalue weighted by atomic mass is 19.1. The minimum atomic E-state index is -0.319. The van der Waals surface area contributed by atoms with Crippen LogP contribution in [0.2, 0.25) is 0 Å². The number of halogens is 1. The van der Waals surface area contributed by atoms with Crippen LogP contribution in [0.4, 0.5) is 10.1 Å². The summed E-state index contributed by atoms with van der Waals surface area (Å²) >= 11 is 0. The first-order chi connectivity index (χ1) is 13.0. The van der Waals surface area contributed by atoms with Crippen LogP contribution >= 0.6 is 0 Å². The summed E-state index contributed by atoms with van der Waals surface area (Å²) in [6.07, 6.45) is 4.81. The van der Waals surface area contributed by atoms with Crippen molar-refractivity contribution in [2.45, 2.75) is 20.4 Å². The molecule has 8 heteroatoms. The minimum absolute atomic E-state index is 0.284. The minimum Gasteiger partial charge on any atom is -0.319 e. The highest BCUT2D eigenvalue weighted by molar-refractivity contribution is 6.08. The van der Waals surface area contributed by atoms with E-state index in [-0.39, 0.29) is 18.3 Å². The number of fused-ring (bicyclic) bond motifs is 1. The average molecular weight is 364 g/mol. The van der Waals surface area contributed by atoms with Crippen LogP contribution in [0.15, 0.2) is 48.9 Å². The quantitative estimate of drug-likeness (QED) is 0.604. The van der Waals surface area contributed by atoms with Crippen molar-refractivity contribution >= 4 is 17.2 Å². The lowest BCUT2D eigenvalue weighted by molar-refractivity contribution is 0.102. The number of benzene rings is 1. The second kappa shape index (κ2) is 6.64. The predicted molar refractivity (Wildman–Crippen MR) is 98.1 cm³/mol. The van der Waals surface area contributed by atoms with Crippen molar-refractivity contribution in [3.63, 3.8) is 0 Å². The van der Waals surface area contributed by atoms with Crippen LogP contribution in [0, 0.1) is 19.7 Å². The number of nitrogens with one attached hydrogen (secondary N) is 1. The molecule has 0 saturated heterocycles. The van der Waals surface area contributed by atoms with E-state index in [0.29, 0.717) is 28.2 Å². The molecule has 0 atom stereocenters. The summed E-state index contributed by atoms with van der Waals surface area (Å²) in [6, 6.07) is 8.31. The first-order valence-electron chi connectivity index (χ1n) is 8.41. The molecule has 4 aromatic rings. The van der Waals surface area contributed by atoms with Gasteiger partial charge in [0.2, 0.25) is 0 Å². The summed E-state index contributed by atoms with van der Waals surface area (Å²) in [4.78, 5) is 16.9. The van der Waals surface area contributed by atoms with Crippen molar-refractivity contribution in [2.75, 3.05) is 5.32 Å². The largest absolute Gasteiger partial charge is 0.319 e. The zero-order valence-electron chi connectivity index (χ0n) is 14.8. The number of carbonyl (C=O) groups excluding carboxylic acids is 1. The third-order valence-electron chi connectivity index (χ3n) is 4.42. The molecule has 1 aromatic carbocycles. The predicted octanol–water partition coefficient (Wildman–Crippen LogP) is 2.98. The highest BCUT2D eigenvalue weighted by Gasteiger charge is 2.19. The lowest BCUT2D eigenvalue weighted by Gasteiger charge is -2.07. The van der Waals surface area contributed by atoms with Gasteiger partial charge in [-0.2, -0.15) is 10.2 Å². The maximum atomic E-state index is 13.9. The normalized spacial score (nSPS) is 11.1. The Morgan fingerprint density at radius 2 is 2.04 bits per heavy atom. The topological polar surface area (TPSA) is 77.1 Å². The third-order valence-corrected chi connectivity index (χ3v) is 4.42. The maximum absolute atomic E-state index is 13.9. The Kier molecular flexibility index (Phi) is 4.15. The maximum Gasteiger partial charge on any atom is 0.261 e. The number of aromatic nitrogens is 5. The van der Waals surface area contributed by atoms with E-state index in [4.69, 9.17) is 0 Å². The fourth-order valence-corrected chi connectivity index (χ4v) is 2.99. The van der Waals surface area contributed by atoms with Gasteiger partial charge < -0.3 is 5.32 Å². The van der Waals surface area contributed by atoms with E-state index in [2.05, 4.69) is 20.5 Å². The highest BCUT2D eigenvalue weighted by Crippen LogP contribution is 2.22. The molecule has 1 amide bonds. The second-order valence-corrected chi connectivity index (χ2v) is 6.20. The Balaban J connectivity index is 1.62. The zero-order valence-corrected chi connectivity index (χ0v) is 14.8. The summed E-state index contributed by atoms with van der Waals surface area (Å²) < 4.78 is 17.1. The molecule has 0 aliphatic carbocycles. The number of carbonyl (C=O) groups is 1. The SMILES string of the molecule is Cc1nn(Cc2ccccc2F)c(C)c1NC(=O)c1cnn2cccnc12. The smallest absolute Gasteiger partial charge is 0.261 e. The molecule has 3 aromatic heterocycles. The van der Waals surface area contributed by atoms with E-state index in [9.17, 15) is 9.18 Å². The number of amides is 1. The molecule has 27 heavy (non-hydrogen) atoms. The van der Waals surface area contributed by atoms with Crippen molar-refractivity contribution in [2.24, 2.45) is 0 Å². The second-order valence-electron chi connectivity index (χ2n) is 6.20. The van der Waals surface area contributed by atoms with Crippen LogP contribution in [0.3, 0.4) is 0 Å². The number of aryl methyl sites for hydroxylation is 1. The van der Waals surface area contributed by atoms with Gasteiger partial charge in [0, 0.05) is 18.0 Å². The first kappa shape index (κ1) is 16.9. The van der Waals surface area contributed by atoms with E-state index < -0.39 is 0 Å². The number of hydrogen-bond acceptors (Lipinski definition) is 4. The molecule has 0 bridgehead atoms. The van der Waals surface area contributed by atoms with Gasteiger partial charge in [0.25, 0.3) is 5.91 Å². The van der Waals surface area contributed by atoms with Crippen molar-refractivity contribution in [3.8, 4) is 0 Å². The molecule has 0 saturated carbocycles. The van der Waals surface area contributed by atoms with Crippen molar-refractivity contribution in [1.29, 1.82) is 0 Å². The van der Waals surface area contributed by atoms with Crippen molar-refractivity contribution in [1.82, 2.24) is 24.4 Å². The molecule has 136 valence electrons. The van der Waals surface area contributed by atoms with Crippen LogP contribution in [0.25, 0.3) is 5.65 Å². The molecule has 0 radical (unpaired) electrons. The zero-order chi connectivity index (χ0) is 19.0. The molecule has 7 nitrogen and oxygen atoms in total. The lowest BCUT2D eigenvalue weighted by atomic mass is 10.2. The molecular weight excluding hydrogens is 347 g/mol. The van der Waals surface area contributed by atoms with E-state index >= 15 is 0 Å². The number of rotatable bonds is 4. The van der Waals surface area contributed by atoms with E-state index in [1.165, 1.54) is 16.8 Å². The Bertz CT molecular complexity index is 1150. The van der Waals surface area contributed by atoms with Crippen molar-refractivity contribution in [3.05, 3.63) is 77.3 Å². The van der Waals surface area contributed by atoms with Gasteiger partial charge >= 0.3 is 0 Å². The van der Waals surface area contributed by atoms with Gasteiger partial charge in [-0.25, -0.2) is 13.9 Å². The fraction of sp³-hybridized carbons (Fsp3) is 0.158. The Labute approximate surface area is 154 Å². The lowest BCUT2D eigenvalue weighted by Crippen LogP contribution is -2.13. The first-order valence-corrected chi connectivity index (χ1v) is 8.41. The van der Waals surface area contributed by atoms with Crippen LogP contribution in [-0.4, -0.2) is 30.3 Å². The number of nitrogens with zero attached hydrogens (tertiary/aromatic N) is 5. The summed E-state index contributed by atoms with van der Waals surface area (Å²) in [5.41, 5.74) is 3.38. The molecule has 0 fully saturated rings. The van der Waals surface area contributed by atoms with Gasteiger partial charge in [0.05, 0.1) is 29.8 Å². The van der Waals surface area contributed by atoms with E-state index in [0.717, 1.165) is 5.69 Å². The number of anilines is 1. The van der Waals surface area contributed by atoms with Gasteiger partial charge in [0.15, 0.2) is 5.65 Å². The van der Waals surface area contributed by atoms with Gasteiger partial charge in [0.1, 0.15) is 11.4 Å². The Morgan fingerprint density at radius 3 is 2.85 bits per heavy atom. The van der Waals surface area contributed by atoms with Gasteiger partial charge in [-0.1, -0.05) is 18.2 Å². The molecular formula is C19H17FN6O. The standard InChI is InChI=1S/C19H17FN6O/c1-12-17(13(2)26(24-12)11-14-6-3-4-7-16(14)20)23-19(27)15-10-22-25-9-5-8-21-18(15)25/h3-10H,11H2,1-2H3,(H,23,27). The van der Waals surface area contributed by atoms with Crippen LogP contribution in [0.5, 0.6) is 0 Å². The average Bonchev–Trinajstić information content (AvgIpc) is 3.20. The van der Waals surface area contributed by atoms with Crippen LogP contribution < -0.4 is 5.32 Å². The molecule has 3 heterocycles. The Hall–Kier alpha value is -3.55. The number of hydrogen-bond donors (Lipinski definition) is 1. The third kappa shape index (κ3) is 3.05. The fourth-order valence-electron chi connectivity index (χ4n) is 2.99. The summed E-state index contributed by atoms with van der Waals surface area (Å²) in [7, 11) is 0. The van der Waals surface area contributed by atoms with Crippen LogP contribution in [-0.2, 0) is 6.54 Å².